The van der Waals surface area contributed by atoms with Crippen LogP contribution < -0.4 is 10.5 Å². The minimum Gasteiger partial charge on any atom is -0.491 e. The molecule has 15 heavy (non-hydrogen) atoms. The third kappa shape index (κ3) is 2.10. The molecule has 0 aromatic carbocycles. The lowest BCUT2D eigenvalue weighted by Crippen LogP contribution is -1.99. The SMILES string of the molecule is Nc1nccc2cc(OCCCl)cnc12. The quantitative estimate of drug-likeness (QED) is 0.807. The van der Waals surface area contributed by atoms with E-state index in [1.54, 1.807) is 12.4 Å². The van der Waals surface area contributed by atoms with Crippen molar-refractivity contribution < 1.29 is 4.74 Å². The maximum Gasteiger partial charge on any atom is 0.149 e. The maximum atomic E-state index is 5.67. The predicted molar refractivity (Wildman–Crippen MR) is 60.2 cm³/mol. The molecule has 2 aromatic heterocycles. The van der Waals surface area contributed by atoms with Crippen molar-refractivity contribution in [3.05, 3.63) is 24.5 Å². The van der Waals surface area contributed by atoms with Crippen molar-refractivity contribution in [3.8, 4) is 5.75 Å². The van der Waals surface area contributed by atoms with Crippen LogP contribution in [0, 0.1) is 0 Å². The Balaban J connectivity index is 2.39. The van der Waals surface area contributed by atoms with Gasteiger partial charge in [0.15, 0.2) is 0 Å². The van der Waals surface area contributed by atoms with Crippen molar-refractivity contribution in [1.82, 2.24) is 9.97 Å². The normalized spacial score (nSPS) is 10.5. The minimum atomic E-state index is 0.427. The average molecular weight is 224 g/mol. The molecular weight excluding hydrogens is 214 g/mol. The summed E-state index contributed by atoms with van der Waals surface area (Å²) in [6.45, 7) is 0.468. The van der Waals surface area contributed by atoms with Gasteiger partial charge in [-0.25, -0.2) is 9.97 Å². The molecule has 0 fully saturated rings. The van der Waals surface area contributed by atoms with E-state index < -0.39 is 0 Å². The number of nitrogen functional groups attached to an aromatic ring is 1. The molecule has 0 unspecified atom stereocenters. The molecule has 0 bridgehead atoms. The molecule has 5 heteroatoms. The third-order valence-corrected chi connectivity index (χ3v) is 2.10. The lowest BCUT2D eigenvalue weighted by molar-refractivity contribution is 0.342. The first-order valence-electron chi connectivity index (χ1n) is 4.50. The number of fused-ring (bicyclic) bond motifs is 1. The monoisotopic (exact) mass is 223 g/mol. The van der Waals surface area contributed by atoms with Crippen LogP contribution in [0.3, 0.4) is 0 Å². The molecule has 78 valence electrons. The lowest BCUT2D eigenvalue weighted by Gasteiger charge is -2.05. The van der Waals surface area contributed by atoms with Crippen LogP contribution in [0.15, 0.2) is 24.5 Å². The Kier molecular flexibility index (Phi) is 2.87. The molecule has 2 heterocycles. The highest BCUT2D eigenvalue weighted by atomic mass is 35.5. The second kappa shape index (κ2) is 4.31. The lowest BCUT2D eigenvalue weighted by atomic mass is 10.2. The first-order valence-corrected chi connectivity index (χ1v) is 5.03. The van der Waals surface area contributed by atoms with Gasteiger partial charge < -0.3 is 10.5 Å². The number of hydrogen-bond acceptors (Lipinski definition) is 4. The molecule has 0 radical (unpaired) electrons. The van der Waals surface area contributed by atoms with Gasteiger partial charge in [0.05, 0.1) is 12.1 Å². The summed E-state index contributed by atoms with van der Waals surface area (Å²) in [5.41, 5.74) is 6.36. The Hall–Kier alpha value is -1.55. The van der Waals surface area contributed by atoms with Crippen LogP contribution in [0.1, 0.15) is 0 Å². The summed E-state index contributed by atoms with van der Waals surface area (Å²) in [5.74, 6) is 1.57. The smallest absolute Gasteiger partial charge is 0.149 e. The van der Waals surface area contributed by atoms with Crippen LogP contribution in [0.2, 0.25) is 0 Å². The van der Waals surface area contributed by atoms with Gasteiger partial charge in [0.1, 0.15) is 23.7 Å². The Labute approximate surface area is 92.0 Å². The second-order valence-electron chi connectivity index (χ2n) is 2.98. The molecule has 0 saturated heterocycles. The first-order chi connectivity index (χ1) is 7.31. The van der Waals surface area contributed by atoms with Crippen molar-refractivity contribution in [3.63, 3.8) is 0 Å². The van der Waals surface area contributed by atoms with E-state index in [-0.39, 0.29) is 0 Å². The Morgan fingerprint density at radius 2 is 2.27 bits per heavy atom. The molecule has 0 amide bonds. The second-order valence-corrected chi connectivity index (χ2v) is 3.35. The molecule has 4 nitrogen and oxygen atoms in total. The van der Waals surface area contributed by atoms with E-state index in [1.165, 1.54) is 0 Å². The highest BCUT2D eigenvalue weighted by Crippen LogP contribution is 2.20. The fourth-order valence-corrected chi connectivity index (χ4v) is 1.37. The number of pyridine rings is 2. The van der Waals surface area contributed by atoms with Gasteiger partial charge in [-0.05, 0) is 12.1 Å². The van der Waals surface area contributed by atoms with E-state index in [9.17, 15) is 0 Å². The fraction of sp³-hybridized carbons (Fsp3) is 0.200. The average Bonchev–Trinajstić information content (AvgIpc) is 2.26. The number of aromatic nitrogens is 2. The summed E-state index contributed by atoms with van der Waals surface area (Å²) in [7, 11) is 0. The van der Waals surface area contributed by atoms with E-state index >= 15 is 0 Å². The number of nitrogens with two attached hydrogens (primary N) is 1. The van der Waals surface area contributed by atoms with Crippen molar-refractivity contribution in [2.24, 2.45) is 0 Å². The van der Waals surface area contributed by atoms with E-state index in [0.29, 0.717) is 29.6 Å². The highest BCUT2D eigenvalue weighted by Gasteiger charge is 2.01. The van der Waals surface area contributed by atoms with Crippen molar-refractivity contribution in [2.45, 2.75) is 0 Å². The predicted octanol–water partition coefficient (Wildman–Crippen LogP) is 1.83. The molecule has 2 aromatic rings. The van der Waals surface area contributed by atoms with E-state index in [1.807, 2.05) is 12.1 Å². The summed E-state index contributed by atoms with van der Waals surface area (Å²) in [6, 6.07) is 3.71. The summed E-state index contributed by atoms with van der Waals surface area (Å²) in [5, 5.41) is 0.912. The largest absolute Gasteiger partial charge is 0.491 e. The maximum absolute atomic E-state index is 5.67. The van der Waals surface area contributed by atoms with Crippen LogP contribution in [0.4, 0.5) is 5.82 Å². The van der Waals surface area contributed by atoms with Crippen molar-refractivity contribution >= 4 is 28.3 Å². The number of rotatable bonds is 3. The minimum absolute atomic E-state index is 0.427. The van der Waals surface area contributed by atoms with Gasteiger partial charge in [0.2, 0.25) is 0 Å². The Morgan fingerprint density at radius 1 is 1.40 bits per heavy atom. The Morgan fingerprint density at radius 3 is 3.07 bits per heavy atom. The van der Waals surface area contributed by atoms with Crippen LogP contribution in [-0.2, 0) is 0 Å². The van der Waals surface area contributed by atoms with Crippen LogP contribution >= 0.6 is 11.6 Å². The fourth-order valence-electron chi connectivity index (χ4n) is 1.30. The molecule has 2 N–H and O–H groups in total. The standard InChI is InChI=1S/C10H10ClN3O/c11-2-4-15-8-5-7-1-3-13-10(12)9(7)14-6-8/h1,3,5-6H,2,4H2,(H2,12,13). The van der Waals surface area contributed by atoms with Gasteiger partial charge in [0, 0.05) is 11.6 Å². The molecule has 0 aliphatic carbocycles. The molecule has 2 rings (SSSR count). The van der Waals surface area contributed by atoms with Gasteiger partial charge in [-0.3, -0.25) is 0 Å². The van der Waals surface area contributed by atoms with Crippen LogP contribution in [0.25, 0.3) is 10.9 Å². The molecule has 0 aliphatic rings. The molecule has 0 saturated carbocycles. The number of nitrogens with zero attached hydrogens (tertiary/aromatic N) is 2. The van der Waals surface area contributed by atoms with E-state index in [2.05, 4.69) is 9.97 Å². The topological polar surface area (TPSA) is 61.0 Å². The van der Waals surface area contributed by atoms with E-state index in [4.69, 9.17) is 22.1 Å². The molecular formula is C10H10ClN3O. The van der Waals surface area contributed by atoms with E-state index in [0.717, 1.165) is 5.39 Å². The number of hydrogen-bond donors (Lipinski definition) is 1. The zero-order chi connectivity index (χ0) is 10.7. The van der Waals surface area contributed by atoms with Gasteiger partial charge >= 0.3 is 0 Å². The van der Waals surface area contributed by atoms with Gasteiger partial charge in [-0.1, -0.05) is 0 Å². The zero-order valence-corrected chi connectivity index (χ0v) is 8.74. The summed E-state index contributed by atoms with van der Waals surface area (Å²) >= 11 is 5.52. The van der Waals surface area contributed by atoms with Crippen molar-refractivity contribution in [1.29, 1.82) is 0 Å². The number of halogens is 1. The van der Waals surface area contributed by atoms with Crippen LogP contribution in [0.5, 0.6) is 5.75 Å². The highest BCUT2D eigenvalue weighted by molar-refractivity contribution is 6.18. The van der Waals surface area contributed by atoms with Gasteiger partial charge in [-0.15, -0.1) is 11.6 Å². The third-order valence-electron chi connectivity index (χ3n) is 1.95. The molecule has 0 aliphatic heterocycles. The van der Waals surface area contributed by atoms with Gasteiger partial charge in [-0.2, -0.15) is 0 Å². The van der Waals surface area contributed by atoms with Gasteiger partial charge in [0.25, 0.3) is 0 Å². The van der Waals surface area contributed by atoms with Crippen molar-refractivity contribution in [2.75, 3.05) is 18.2 Å². The summed E-state index contributed by atoms with van der Waals surface area (Å²) in [6.07, 6.45) is 3.26. The first kappa shape index (κ1) is 9.98. The molecule has 0 atom stereocenters. The zero-order valence-electron chi connectivity index (χ0n) is 7.98. The Bertz CT molecular complexity index is 475. The number of alkyl halides is 1. The van der Waals surface area contributed by atoms with Crippen LogP contribution in [-0.4, -0.2) is 22.5 Å². The molecule has 0 spiro atoms. The summed E-state index contributed by atoms with van der Waals surface area (Å²) in [4.78, 5) is 8.13. The number of ether oxygens (including phenoxy) is 1. The number of anilines is 1. The summed E-state index contributed by atoms with van der Waals surface area (Å²) < 4.78 is 5.35.